The highest BCUT2D eigenvalue weighted by molar-refractivity contribution is 5.87. The molecular formula is C13H13NO4. The second-order valence-corrected chi connectivity index (χ2v) is 3.81. The van der Waals surface area contributed by atoms with E-state index in [1.54, 1.807) is 37.4 Å². The number of carbonyl (C=O) groups excluding carboxylic acids is 1. The Morgan fingerprint density at radius 3 is 2.78 bits per heavy atom. The lowest BCUT2D eigenvalue weighted by molar-refractivity contribution is -0.147. The predicted molar refractivity (Wildman–Crippen MR) is 66.7 cm³/mol. The van der Waals surface area contributed by atoms with Crippen molar-refractivity contribution in [3.8, 4) is 5.75 Å². The number of aromatic nitrogens is 1. The van der Waals surface area contributed by atoms with Gasteiger partial charge in [0, 0.05) is 11.6 Å². The van der Waals surface area contributed by atoms with Gasteiger partial charge in [0.2, 0.25) is 0 Å². The summed E-state index contributed by atoms with van der Waals surface area (Å²) in [6.07, 6.45) is 0.820. The number of rotatable bonds is 3. The molecule has 1 aromatic carbocycles. The number of H-pyrrole nitrogens is 1. The van der Waals surface area contributed by atoms with Gasteiger partial charge in [-0.3, -0.25) is 4.79 Å². The molecule has 5 nitrogen and oxygen atoms in total. The molecule has 0 saturated heterocycles. The number of hydrogen-bond acceptors (Lipinski definition) is 4. The van der Waals surface area contributed by atoms with Gasteiger partial charge in [-0.05, 0) is 25.1 Å². The molecule has 5 heteroatoms. The average Bonchev–Trinajstić information content (AvgIpc) is 2.39. The zero-order valence-corrected chi connectivity index (χ0v) is 10.1. The minimum atomic E-state index is -0.722. The Morgan fingerprint density at radius 1 is 1.28 bits per heavy atom. The van der Waals surface area contributed by atoms with Gasteiger partial charge in [-0.2, -0.15) is 0 Å². The number of nitrogens with one attached hydrogen (secondary N) is 1. The second kappa shape index (κ2) is 4.91. The number of aromatic amines is 1. The summed E-state index contributed by atoms with van der Waals surface area (Å²) in [6.45, 7) is 1.60. The fourth-order valence-corrected chi connectivity index (χ4v) is 1.70. The maximum Gasteiger partial charge on any atom is 0.346 e. The Morgan fingerprint density at radius 2 is 2.06 bits per heavy atom. The largest absolute Gasteiger partial charge is 0.478 e. The maximum atomic E-state index is 11.6. The van der Waals surface area contributed by atoms with E-state index in [-0.39, 0.29) is 5.56 Å². The van der Waals surface area contributed by atoms with E-state index in [4.69, 9.17) is 4.74 Å². The molecule has 2 aromatic rings. The van der Waals surface area contributed by atoms with Crippen molar-refractivity contribution in [3.05, 3.63) is 40.8 Å². The predicted octanol–water partition coefficient (Wildman–Crippen LogP) is 1.47. The summed E-state index contributed by atoms with van der Waals surface area (Å²) >= 11 is 0. The van der Waals surface area contributed by atoms with Crippen molar-refractivity contribution < 1.29 is 14.3 Å². The summed E-state index contributed by atoms with van der Waals surface area (Å²) in [6, 6.07) is 6.85. The van der Waals surface area contributed by atoms with E-state index in [2.05, 4.69) is 9.72 Å². The lowest BCUT2D eigenvalue weighted by Crippen LogP contribution is -2.25. The number of pyridine rings is 1. The summed E-state index contributed by atoms with van der Waals surface area (Å²) in [7, 11) is 1.30. The van der Waals surface area contributed by atoms with Crippen molar-refractivity contribution in [2.45, 2.75) is 13.0 Å². The third-order valence-corrected chi connectivity index (χ3v) is 2.61. The van der Waals surface area contributed by atoms with Crippen LogP contribution < -0.4 is 10.3 Å². The molecule has 1 heterocycles. The van der Waals surface area contributed by atoms with Crippen LogP contribution in [0.5, 0.6) is 5.75 Å². The van der Waals surface area contributed by atoms with E-state index in [0.29, 0.717) is 16.5 Å². The van der Waals surface area contributed by atoms with Crippen molar-refractivity contribution in [2.24, 2.45) is 0 Å². The highest BCUT2D eigenvalue weighted by Gasteiger charge is 2.16. The van der Waals surface area contributed by atoms with Crippen LogP contribution in [0.4, 0.5) is 0 Å². The van der Waals surface area contributed by atoms with E-state index in [9.17, 15) is 9.59 Å². The van der Waals surface area contributed by atoms with E-state index in [1.165, 1.54) is 7.11 Å². The van der Waals surface area contributed by atoms with E-state index in [0.717, 1.165) is 0 Å². The highest BCUT2D eigenvalue weighted by Crippen LogP contribution is 2.23. The number of hydrogen-bond donors (Lipinski definition) is 1. The Labute approximate surface area is 103 Å². The first-order chi connectivity index (χ1) is 8.63. The molecule has 94 valence electrons. The first-order valence-corrected chi connectivity index (χ1v) is 5.48. The van der Waals surface area contributed by atoms with Gasteiger partial charge in [0.1, 0.15) is 5.75 Å². The van der Waals surface area contributed by atoms with Gasteiger partial charge < -0.3 is 14.5 Å². The molecule has 1 unspecified atom stereocenters. The lowest BCUT2D eigenvalue weighted by Gasteiger charge is -2.13. The minimum absolute atomic E-state index is 0.191. The first-order valence-electron chi connectivity index (χ1n) is 5.48. The quantitative estimate of drug-likeness (QED) is 0.834. The van der Waals surface area contributed by atoms with Crippen molar-refractivity contribution in [3.63, 3.8) is 0 Å². The Hall–Kier alpha value is -2.30. The van der Waals surface area contributed by atoms with Crippen LogP contribution in [-0.4, -0.2) is 24.2 Å². The van der Waals surface area contributed by atoms with E-state index >= 15 is 0 Å². The number of benzene rings is 1. The molecule has 0 aliphatic heterocycles. The third kappa shape index (κ3) is 2.20. The van der Waals surface area contributed by atoms with Gasteiger partial charge in [-0.1, -0.05) is 6.07 Å². The molecular weight excluding hydrogens is 234 g/mol. The van der Waals surface area contributed by atoms with Crippen molar-refractivity contribution in [2.75, 3.05) is 7.11 Å². The first kappa shape index (κ1) is 12.2. The molecule has 1 atom stereocenters. The number of carbonyl (C=O) groups is 1. The highest BCUT2D eigenvalue weighted by atomic mass is 16.6. The van der Waals surface area contributed by atoms with Gasteiger partial charge in [-0.15, -0.1) is 0 Å². The fourth-order valence-electron chi connectivity index (χ4n) is 1.70. The average molecular weight is 247 g/mol. The van der Waals surface area contributed by atoms with Crippen LogP contribution >= 0.6 is 0 Å². The minimum Gasteiger partial charge on any atom is -0.478 e. The third-order valence-electron chi connectivity index (χ3n) is 2.61. The smallest absolute Gasteiger partial charge is 0.346 e. The van der Waals surface area contributed by atoms with Crippen LogP contribution in [0, 0.1) is 0 Å². The number of methoxy groups -OCH3 is 1. The van der Waals surface area contributed by atoms with Gasteiger partial charge in [0.15, 0.2) is 6.10 Å². The summed E-state index contributed by atoms with van der Waals surface area (Å²) < 4.78 is 10.1. The monoisotopic (exact) mass is 247 g/mol. The van der Waals surface area contributed by atoms with Crippen molar-refractivity contribution in [1.29, 1.82) is 0 Å². The number of fused-ring (bicyclic) bond motifs is 1. The SMILES string of the molecule is COC(=O)C(C)Oc1cccc2c(=O)[nH]ccc12. The fraction of sp³-hybridized carbons (Fsp3) is 0.231. The van der Waals surface area contributed by atoms with Crippen LogP contribution in [0.1, 0.15) is 6.92 Å². The molecule has 18 heavy (non-hydrogen) atoms. The molecule has 0 radical (unpaired) electrons. The topological polar surface area (TPSA) is 68.4 Å². The standard InChI is InChI=1S/C13H13NO4/c1-8(13(16)17-2)18-11-5-3-4-10-9(11)6-7-14-12(10)15/h3-8H,1-2H3,(H,14,15). The Balaban J connectivity index is 2.43. The molecule has 0 aliphatic carbocycles. The van der Waals surface area contributed by atoms with Gasteiger partial charge in [0.05, 0.1) is 12.5 Å². The summed E-state index contributed by atoms with van der Waals surface area (Å²) in [5.74, 6) is 0.0216. The lowest BCUT2D eigenvalue weighted by atomic mass is 10.1. The van der Waals surface area contributed by atoms with Crippen LogP contribution in [-0.2, 0) is 9.53 Å². The van der Waals surface area contributed by atoms with E-state index < -0.39 is 12.1 Å². The normalized spacial score (nSPS) is 12.1. The maximum absolute atomic E-state index is 11.6. The second-order valence-electron chi connectivity index (χ2n) is 3.81. The molecule has 0 aliphatic rings. The Bertz CT molecular complexity index is 632. The molecule has 1 aromatic heterocycles. The summed E-state index contributed by atoms with van der Waals surface area (Å²) in [5, 5.41) is 1.18. The number of ether oxygens (including phenoxy) is 2. The number of esters is 1. The summed E-state index contributed by atoms with van der Waals surface area (Å²) in [5.41, 5.74) is -0.191. The Kier molecular flexibility index (Phi) is 3.32. The van der Waals surface area contributed by atoms with Gasteiger partial charge in [0.25, 0.3) is 5.56 Å². The molecule has 1 N–H and O–H groups in total. The summed E-state index contributed by atoms with van der Waals surface area (Å²) in [4.78, 5) is 25.5. The van der Waals surface area contributed by atoms with Gasteiger partial charge in [-0.25, -0.2) is 4.79 Å². The van der Waals surface area contributed by atoms with Crippen LogP contribution in [0.25, 0.3) is 10.8 Å². The van der Waals surface area contributed by atoms with Crippen LogP contribution in [0.3, 0.4) is 0 Å². The zero-order chi connectivity index (χ0) is 13.1. The van der Waals surface area contributed by atoms with Crippen molar-refractivity contribution in [1.82, 2.24) is 4.98 Å². The van der Waals surface area contributed by atoms with Crippen LogP contribution in [0.2, 0.25) is 0 Å². The van der Waals surface area contributed by atoms with Crippen LogP contribution in [0.15, 0.2) is 35.3 Å². The molecule has 0 fully saturated rings. The molecule has 0 spiro atoms. The molecule has 2 rings (SSSR count). The van der Waals surface area contributed by atoms with Crippen molar-refractivity contribution >= 4 is 16.7 Å². The van der Waals surface area contributed by atoms with Gasteiger partial charge >= 0.3 is 5.97 Å². The molecule has 0 saturated carbocycles. The molecule has 0 amide bonds. The zero-order valence-electron chi connectivity index (χ0n) is 10.1. The molecule has 0 bridgehead atoms. The van der Waals surface area contributed by atoms with E-state index in [1.807, 2.05) is 0 Å².